The summed E-state index contributed by atoms with van der Waals surface area (Å²) in [6, 6.07) is 9.20. The number of methoxy groups -OCH3 is 2. The molecule has 2 aromatic rings. The SMILES string of the molecule is COCCNCc1cccn1Cc1cccc(OC)c1F. The molecular formula is C16H21FN2O2. The molecule has 0 fully saturated rings. The predicted molar refractivity (Wildman–Crippen MR) is 80.1 cm³/mol. The lowest BCUT2D eigenvalue weighted by atomic mass is 10.2. The molecule has 1 aromatic heterocycles. The van der Waals surface area contributed by atoms with Gasteiger partial charge in [0.25, 0.3) is 0 Å². The van der Waals surface area contributed by atoms with E-state index in [1.165, 1.54) is 7.11 Å². The van der Waals surface area contributed by atoms with Gasteiger partial charge in [0.2, 0.25) is 0 Å². The molecule has 1 aromatic carbocycles. The Labute approximate surface area is 124 Å². The van der Waals surface area contributed by atoms with Crippen molar-refractivity contribution in [2.45, 2.75) is 13.1 Å². The molecule has 114 valence electrons. The Morgan fingerprint density at radius 3 is 2.81 bits per heavy atom. The maximum atomic E-state index is 14.2. The monoisotopic (exact) mass is 292 g/mol. The van der Waals surface area contributed by atoms with Crippen LogP contribution in [-0.4, -0.2) is 31.9 Å². The first-order valence-electron chi connectivity index (χ1n) is 6.91. The van der Waals surface area contributed by atoms with E-state index in [4.69, 9.17) is 9.47 Å². The maximum Gasteiger partial charge on any atom is 0.170 e. The molecule has 1 heterocycles. The van der Waals surface area contributed by atoms with Crippen molar-refractivity contribution >= 4 is 0 Å². The number of ether oxygens (including phenoxy) is 2. The molecule has 0 aliphatic rings. The molecule has 1 N–H and O–H groups in total. The van der Waals surface area contributed by atoms with Crippen LogP contribution in [0.15, 0.2) is 36.5 Å². The Bertz CT molecular complexity index is 569. The number of halogens is 1. The van der Waals surface area contributed by atoms with Gasteiger partial charge in [-0.05, 0) is 18.2 Å². The van der Waals surface area contributed by atoms with Crippen LogP contribution in [0.25, 0.3) is 0 Å². The van der Waals surface area contributed by atoms with Crippen LogP contribution in [0.3, 0.4) is 0 Å². The third-order valence-corrected chi connectivity index (χ3v) is 3.32. The average Bonchev–Trinajstić information content (AvgIpc) is 2.93. The lowest BCUT2D eigenvalue weighted by molar-refractivity contribution is 0.199. The van der Waals surface area contributed by atoms with Crippen LogP contribution >= 0.6 is 0 Å². The number of hydrogen-bond donors (Lipinski definition) is 1. The summed E-state index contributed by atoms with van der Waals surface area (Å²) in [6.45, 7) is 2.67. The normalized spacial score (nSPS) is 10.8. The highest BCUT2D eigenvalue weighted by atomic mass is 19.1. The number of rotatable bonds is 8. The van der Waals surface area contributed by atoms with Gasteiger partial charge in [0, 0.05) is 37.7 Å². The van der Waals surface area contributed by atoms with E-state index in [1.54, 1.807) is 25.3 Å². The molecule has 0 saturated heterocycles. The van der Waals surface area contributed by atoms with Crippen LogP contribution in [0.5, 0.6) is 5.75 Å². The quantitative estimate of drug-likeness (QED) is 0.759. The van der Waals surface area contributed by atoms with E-state index in [1.807, 2.05) is 22.9 Å². The van der Waals surface area contributed by atoms with E-state index in [2.05, 4.69) is 5.32 Å². The van der Waals surface area contributed by atoms with E-state index in [9.17, 15) is 4.39 Å². The van der Waals surface area contributed by atoms with Crippen molar-refractivity contribution in [3.05, 3.63) is 53.6 Å². The summed E-state index contributed by atoms with van der Waals surface area (Å²) in [6.07, 6.45) is 1.95. The molecule has 4 nitrogen and oxygen atoms in total. The fourth-order valence-corrected chi connectivity index (χ4v) is 2.17. The number of nitrogens with zero attached hydrogens (tertiary/aromatic N) is 1. The molecule has 0 aliphatic heterocycles. The van der Waals surface area contributed by atoms with Crippen molar-refractivity contribution in [2.75, 3.05) is 27.4 Å². The first kappa shape index (κ1) is 15.5. The highest BCUT2D eigenvalue weighted by molar-refractivity contribution is 5.31. The van der Waals surface area contributed by atoms with E-state index < -0.39 is 0 Å². The van der Waals surface area contributed by atoms with Crippen molar-refractivity contribution in [1.82, 2.24) is 9.88 Å². The lowest BCUT2D eigenvalue weighted by Crippen LogP contribution is -2.20. The lowest BCUT2D eigenvalue weighted by Gasteiger charge is -2.12. The van der Waals surface area contributed by atoms with Crippen molar-refractivity contribution in [3.63, 3.8) is 0 Å². The molecular weight excluding hydrogens is 271 g/mol. The first-order valence-corrected chi connectivity index (χ1v) is 6.91. The van der Waals surface area contributed by atoms with Crippen molar-refractivity contribution in [3.8, 4) is 5.75 Å². The summed E-state index contributed by atoms with van der Waals surface area (Å²) in [4.78, 5) is 0. The van der Waals surface area contributed by atoms with Crippen LogP contribution in [0.4, 0.5) is 4.39 Å². The van der Waals surface area contributed by atoms with Crippen molar-refractivity contribution < 1.29 is 13.9 Å². The van der Waals surface area contributed by atoms with Gasteiger partial charge in [-0.15, -0.1) is 0 Å². The molecule has 2 rings (SSSR count). The number of aromatic nitrogens is 1. The van der Waals surface area contributed by atoms with Crippen molar-refractivity contribution in [1.29, 1.82) is 0 Å². The van der Waals surface area contributed by atoms with Gasteiger partial charge in [-0.25, -0.2) is 4.39 Å². The third-order valence-electron chi connectivity index (χ3n) is 3.32. The molecule has 0 unspecified atom stereocenters. The molecule has 0 saturated carbocycles. The smallest absolute Gasteiger partial charge is 0.170 e. The Balaban J connectivity index is 2.05. The fraction of sp³-hybridized carbons (Fsp3) is 0.375. The Hall–Kier alpha value is -1.85. The van der Waals surface area contributed by atoms with Gasteiger partial charge < -0.3 is 19.4 Å². The number of benzene rings is 1. The van der Waals surface area contributed by atoms with Gasteiger partial charge in [0.15, 0.2) is 11.6 Å². The van der Waals surface area contributed by atoms with Crippen LogP contribution in [0.1, 0.15) is 11.3 Å². The Morgan fingerprint density at radius 1 is 1.19 bits per heavy atom. The summed E-state index contributed by atoms with van der Waals surface area (Å²) in [5.74, 6) is -0.0218. The van der Waals surface area contributed by atoms with E-state index in [-0.39, 0.29) is 11.6 Å². The van der Waals surface area contributed by atoms with Gasteiger partial charge in [0.05, 0.1) is 20.3 Å². The Morgan fingerprint density at radius 2 is 2.05 bits per heavy atom. The minimum atomic E-state index is -0.299. The van der Waals surface area contributed by atoms with Crippen LogP contribution in [-0.2, 0) is 17.8 Å². The van der Waals surface area contributed by atoms with Crippen LogP contribution < -0.4 is 10.1 Å². The van der Waals surface area contributed by atoms with Crippen LogP contribution in [0.2, 0.25) is 0 Å². The second-order valence-corrected chi connectivity index (χ2v) is 4.73. The molecule has 21 heavy (non-hydrogen) atoms. The predicted octanol–water partition coefficient (Wildman–Crippen LogP) is 2.42. The largest absolute Gasteiger partial charge is 0.494 e. The summed E-state index contributed by atoms with van der Waals surface area (Å²) in [7, 11) is 3.15. The molecule has 0 aliphatic carbocycles. The second-order valence-electron chi connectivity index (χ2n) is 4.73. The minimum absolute atomic E-state index is 0.277. The van der Waals surface area contributed by atoms with Gasteiger partial charge >= 0.3 is 0 Å². The summed E-state index contributed by atoms with van der Waals surface area (Å²) >= 11 is 0. The Kier molecular flexibility index (Phi) is 5.78. The zero-order chi connectivity index (χ0) is 15.1. The zero-order valence-corrected chi connectivity index (χ0v) is 12.4. The van der Waals surface area contributed by atoms with Gasteiger partial charge in [-0.1, -0.05) is 12.1 Å². The highest BCUT2D eigenvalue weighted by Crippen LogP contribution is 2.21. The fourth-order valence-electron chi connectivity index (χ4n) is 2.17. The average molecular weight is 292 g/mol. The van der Waals surface area contributed by atoms with Crippen LogP contribution in [0, 0.1) is 5.82 Å². The van der Waals surface area contributed by atoms with Crippen molar-refractivity contribution in [2.24, 2.45) is 0 Å². The summed E-state index contributed by atoms with van der Waals surface area (Å²) in [5.41, 5.74) is 1.72. The number of nitrogens with one attached hydrogen (secondary N) is 1. The molecule has 0 amide bonds. The molecule has 0 spiro atoms. The summed E-state index contributed by atoms with van der Waals surface area (Å²) in [5, 5.41) is 3.29. The molecule has 0 bridgehead atoms. The molecule has 0 atom stereocenters. The van der Waals surface area contributed by atoms with Gasteiger partial charge in [0.1, 0.15) is 0 Å². The van der Waals surface area contributed by atoms with E-state index in [0.717, 1.165) is 18.8 Å². The molecule has 0 radical (unpaired) electrons. The highest BCUT2D eigenvalue weighted by Gasteiger charge is 2.10. The minimum Gasteiger partial charge on any atom is -0.494 e. The van der Waals surface area contributed by atoms with Gasteiger partial charge in [-0.2, -0.15) is 0 Å². The molecule has 5 heteroatoms. The van der Waals surface area contributed by atoms with E-state index >= 15 is 0 Å². The third kappa shape index (κ3) is 4.06. The van der Waals surface area contributed by atoms with Gasteiger partial charge in [-0.3, -0.25) is 0 Å². The summed E-state index contributed by atoms with van der Waals surface area (Å²) < 4.78 is 26.2. The number of hydrogen-bond acceptors (Lipinski definition) is 3. The standard InChI is InChI=1S/C16H21FN2O2/c1-20-10-8-18-11-14-6-4-9-19(14)12-13-5-3-7-15(21-2)16(13)17/h3-7,9,18H,8,10-12H2,1-2H3. The zero-order valence-electron chi connectivity index (χ0n) is 12.4. The maximum absolute atomic E-state index is 14.2. The second kappa shape index (κ2) is 7.81. The van der Waals surface area contributed by atoms with E-state index in [0.29, 0.717) is 18.7 Å². The topological polar surface area (TPSA) is 35.4 Å². The first-order chi connectivity index (χ1) is 10.3.